The molecule has 0 radical (unpaired) electrons. The molecule has 5 nitrogen and oxygen atoms in total. The van der Waals surface area contributed by atoms with Gasteiger partial charge in [-0.1, -0.05) is 30.3 Å². The van der Waals surface area contributed by atoms with Crippen molar-refractivity contribution in [3.05, 3.63) is 54.1 Å². The molecule has 0 bridgehead atoms. The van der Waals surface area contributed by atoms with Crippen LogP contribution in [-0.4, -0.2) is 34.2 Å². The van der Waals surface area contributed by atoms with Gasteiger partial charge in [-0.25, -0.2) is 4.98 Å². The van der Waals surface area contributed by atoms with E-state index >= 15 is 0 Å². The Hall–Kier alpha value is -2.14. The Balaban J connectivity index is 2.04. The highest BCUT2D eigenvalue weighted by molar-refractivity contribution is 5.76. The number of carbonyl (C=O) groups excluding carboxylic acids is 1. The second-order valence-electron chi connectivity index (χ2n) is 6.70. The molecule has 1 heterocycles. The number of aromatic nitrogens is 2. The van der Waals surface area contributed by atoms with Crippen LogP contribution in [0.1, 0.15) is 32.0 Å². The standard InChI is InChI=1S/C18H25N3O2/c1-18(2,3)20-16(17(22)23-4)10-15-12-21(13-19-15)11-14-8-6-5-7-9-14/h5-9,12-13,16,20H,10-11H2,1-4H3/t16-/m0/s1. The number of esters is 1. The van der Waals surface area contributed by atoms with E-state index in [4.69, 9.17) is 4.74 Å². The smallest absolute Gasteiger partial charge is 0.323 e. The van der Waals surface area contributed by atoms with Crippen molar-refractivity contribution < 1.29 is 9.53 Å². The number of benzene rings is 1. The van der Waals surface area contributed by atoms with Crippen molar-refractivity contribution in [1.29, 1.82) is 0 Å². The van der Waals surface area contributed by atoms with Gasteiger partial charge in [0, 0.05) is 24.7 Å². The van der Waals surface area contributed by atoms with Gasteiger partial charge in [0.15, 0.2) is 0 Å². The molecule has 0 aliphatic rings. The minimum absolute atomic E-state index is 0.175. The summed E-state index contributed by atoms with van der Waals surface area (Å²) < 4.78 is 6.92. The van der Waals surface area contributed by atoms with Crippen LogP contribution >= 0.6 is 0 Å². The van der Waals surface area contributed by atoms with Crippen LogP contribution in [0, 0.1) is 0 Å². The molecule has 0 spiro atoms. The molecule has 2 aromatic rings. The Morgan fingerprint density at radius 1 is 1.30 bits per heavy atom. The maximum Gasteiger partial charge on any atom is 0.323 e. The van der Waals surface area contributed by atoms with Crippen LogP contribution in [0.25, 0.3) is 0 Å². The molecule has 0 amide bonds. The van der Waals surface area contributed by atoms with E-state index in [9.17, 15) is 4.79 Å². The van der Waals surface area contributed by atoms with E-state index in [1.807, 2.05) is 49.7 Å². The van der Waals surface area contributed by atoms with Crippen molar-refractivity contribution in [3.8, 4) is 0 Å². The van der Waals surface area contributed by atoms with Gasteiger partial charge in [0.1, 0.15) is 6.04 Å². The van der Waals surface area contributed by atoms with E-state index in [1.54, 1.807) is 6.33 Å². The van der Waals surface area contributed by atoms with E-state index in [-0.39, 0.29) is 11.5 Å². The van der Waals surface area contributed by atoms with Gasteiger partial charge in [0.2, 0.25) is 0 Å². The Morgan fingerprint density at radius 3 is 2.61 bits per heavy atom. The van der Waals surface area contributed by atoms with Gasteiger partial charge >= 0.3 is 5.97 Å². The van der Waals surface area contributed by atoms with Crippen molar-refractivity contribution in [2.75, 3.05) is 7.11 Å². The summed E-state index contributed by atoms with van der Waals surface area (Å²) in [6.07, 6.45) is 4.28. The summed E-state index contributed by atoms with van der Waals surface area (Å²) in [4.78, 5) is 16.4. The largest absolute Gasteiger partial charge is 0.468 e. The molecule has 1 aromatic heterocycles. The highest BCUT2D eigenvalue weighted by atomic mass is 16.5. The molecule has 1 atom stereocenters. The number of ether oxygens (including phenoxy) is 1. The zero-order chi connectivity index (χ0) is 16.9. The Morgan fingerprint density at radius 2 is 2.00 bits per heavy atom. The molecule has 0 saturated carbocycles. The first-order valence-corrected chi connectivity index (χ1v) is 7.77. The number of nitrogens with zero attached hydrogens (tertiary/aromatic N) is 2. The third-order valence-electron chi connectivity index (χ3n) is 3.40. The van der Waals surface area contributed by atoms with Crippen LogP contribution in [0.15, 0.2) is 42.9 Å². The molecule has 0 aliphatic heterocycles. The predicted octanol–water partition coefficient (Wildman–Crippen LogP) is 2.40. The molecular formula is C18H25N3O2. The number of nitrogens with one attached hydrogen (secondary N) is 1. The van der Waals surface area contributed by atoms with E-state index in [2.05, 4.69) is 22.4 Å². The van der Waals surface area contributed by atoms with E-state index < -0.39 is 6.04 Å². The lowest BCUT2D eigenvalue weighted by molar-refractivity contribution is -0.143. The number of hydrogen-bond acceptors (Lipinski definition) is 4. The highest BCUT2D eigenvalue weighted by Crippen LogP contribution is 2.09. The fourth-order valence-electron chi connectivity index (χ4n) is 2.46. The maximum atomic E-state index is 12.0. The molecule has 1 N–H and O–H groups in total. The second kappa shape index (κ2) is 7.42. The van der Waals surface area contributed by atoms with Gasteiger partial charge < -0.3 is 9.30 Å². The van der Waals surface area contributed by atoms with Gasteiger partial charge in [-0.15, -0.1) is 0 Å². The topological polar surface area (TPSA) is 56.2 Å². The average molecular weight is 315 g/mol. The van der Waals surface area contributed by atoms with Crippen LogP contribution in [0.5, 0.6) is 0 Å². The zero-order valence-corrected chi connectivity index (χ0v) is 14.2. The first kappa shape index (κ1) is 17.2. The summed E-state index contributed by atoms with van der Waals surface area (Å²) in [5.74, 6) is -0.266. The lowest BCUT2D eigenvalue weighted by Gasteiger charge is -2.26. The molecule has 0 fully saturated rings. The Labute approximate surface area is 137 Å². The number of hydrogen-bond donors (Lipinski definition) is 1. The molecular weight excluding hydrogens is 290 g/mol. The van der Waals surface area contributed by atoms with Crippen molar-refractivity contribution in [1.82, 2.24) is 14.9 Å². The number of methoxy groups -OCH3 is 1. The minimum Gasteiger partial charge on any atom is -0.468 e. The molecule has 2 rings (SSSR count). The van der Waals surface area contributed by atoms with Crippen molar-refractivity contribution in [2.45, 2.75) is 45.3 Å². The van der Waals surface area contributed by atoms with Crippen molar-refractivity contribution in [3.63, 3.8) is 0 Å². The van der Waals surface area contributed by atoms with E-state index in [0.29, 0.717) is 6.42 Å². The highest BCUT2D eigenvalue weighted by Gasteiger charge is 2.25. The normalized spacial score (nSPS) is 12.9. The molecule has 124 valence electrons. The van der Waals surface area contributed by atoms with Crippen LogP contribution in [0.3, 0.4) is 0 Å². The lowest BCUT2D eigenvalue weighted by atomic mass is 10.0. The third kappa shape index (κ3) is 5.53. The van der Waals surface area contributed by atoms with Crippen LogP contribution in [0.4, 0.5) is 0 Å². The average Bonchev–Trinajstić information content (AvgIpc) is 2.92. The van der Waals surface area contributed by atoms with Crippen molar-refractivity contribution in [2.24, 2.45) is 0 Å². The summed E-state index contributed by atoms with van der Waals surface area (Å²) in [7, 11) is 1.41. The summed E-state index contributed by atoms with van der Waals surface area (Å²) in [6, 6.07) is 9.81. The molecule has 0 aliphatic carbocycles. The van der Waals surface area contributed by atoms with Gasteiger partial charge in [-0.05, 0) is 26.3 Å². The fraction of sp³-hybridized carbons (Fsp3) is 0.444. The number of carbonyl (C=O) groups is 1. The van der Waals surface area contributed by atoms with Gasteiger partial charge in [0.25, 0.3) is 0 Å². The SMILES string of the molecule is COC(=O)[C@H](Cc1cn(Cc2ccccc2)cn1)NC(C)(C)C. The quantitative estimate of drug-likeness (QED) is 0.832. The maximum absolute atomic E-state index is 12.0. The lowest BCUT2D eigenvalue weighted by Crippen LogP contribution is -2.49. The van der Waals surface area contributed by atoms with Crippen LogP contribution < -0.4 is 5.32 Å². The Kier molecular flexibility index (Phi) is 5.55. The summed E-state index contributed by atoms with van der Waals surface area (Å²) in [5.41, 5.74) is 1.91. The number of rotatable bonds is 6. The van der Waals surface area contributed by atoms with Crippen LogP contribution in [0.2, 0.25) is 0 Å². The summed E-state index contributed by atoms with van der Waals surface area (Å²) >= 11 is 0. The molecule has 0 unspecified atom stereocenters. The number of imidazole rings is 1. The first-order chi connectivity index (χ1) is 10.9. The zero-order valence-electron chi connectivity index (χ0n) is 14.2. The fourth-order valence-corrected chi connectivity index (χ4v) is 2.46. The molecule has 23 heavy (non-hydrogen) atoms. The van der Waals surface area contributed by atoms with E-state index in [1.165, 1.54) is 12.7 Å². The van der Waals surface area contributed by atoms with Crippen molar-refractivity contribution >= 4 is 5.97 Å². The molecule has 0 saturated heterocycles. The minimum atomic E-state index is -0.403. The van der Waals surface area contributed by atoms with Gasteiger partial charge in [-0.3, -0.25) is 10.1 Å². The molecule has 1 aromatic carbocycles. The van der Waals surface area contributed by atoms with Gasteiger partial charge in [0.05, 0.1) is 19.1 Å². The Bertz CT molecular complexity index is 629. The third-order valence-corrected chi connectivity index (χ3v) is 3.40. The molecule has 5 heteroatoms. The summed E-state index contributed by atoms with van der Waals surface area (Å²) in [6.45, 7) is 6.84. The first-order valence-electron chi connectivity index (χ1n) is 7.77. The van der Waals surface area contributed by atoms with E-state index in [0.717, 1.165) is 12.2 Å². The predicted molar refractivity (Wildman–Crippen MR) is 90.2 cm³/mol. The van der Waals surface area contributed by atoms with Gasteiger partial charge in [-0.2, -0.15) is 0 Å². The van der Waals surface area contributed by atoms with Crippen LogP contribution in [-0.2, 0) is 22.5 Å². The second-order valence-corrected chi connectivity index (χ2v) is 6.70. The monoisotopic (exact) mass is 315 g/mol. The summed E-state index contributed by atoms with van der Waals surface area (Å²) in [5, 5.41) is 3.29.